The first-order chi connectivity index (χ1) is 11.5. The minimum atomic E-state index is -0.184. The van der Waals surface area contributed by atoms with Crippen LogP contribution in [0.1, 0.15) is 23.1 Å². The molecular formula is C18H16Cl2N2OS. The Balaban J connectivity index is 1.74. The molecule has 0 aliphatic carbocycles. The number of nitrogens with one attached hydrogen (secondary N) is 1. The standard InChI is InChI=1S/C18H16Cl2N2OS/c1-11-14(19)7-13(8-15(11)20)16-9-17(18(23)22-21-16)24-10-12-5-3-2-4-6-12/h2-8,17H,9-10H2,1H3,(H,22,23). The lowest BCUT2D eigenvalue weighted by molar-refractivity contribution is -0.120. The van der Waals surface area contributed by atoms with Gasteiger partial charge in [0.15, 0.2) is 0 Å². The van der Waals surface area contributed by atoms with Crippen LogP contribution in [0, 0.1) is 6.92 Å². The number of hydrogen-bond acceptors (Lipinski definition) is 3. The second-order valence-corrected chi connectivity index (χ2v) is 7.59. The first-order valence-corrected chi connectivity index (χ1v) is 9.33. The highest BCUT2D eigenvalue weighted by molar-refractivity contribution is 7.99. The van der Waals surface area contributed by atoms with Gasteiger partial charge in [-0.05, 0) is 30.2 Å². The summed E-state index contributed by atoms with van der Waals surface area (Å²) in [6, 6.07) is 13.8. The van der Waals surface area contributed by atoms with E-state index in [4.69, 9.17) is 23.2 Å². The lowest BCUT2D eigenvalue weighted by Gasteiger charge is -2.21. The fraction of sp³-hybridized carbons (Fsp3) is 0.222. The summed E-state index contributed by atoms with van der Waals surface area (Å²) in [5.74, 6) is 0.714. The lowest BCUT2D eigenvalue weighted by Crippen LogP contribution is -2.37. The van der Waals surface area contributed by atoms with E-state index in [0.717, 1.165) is 22.6 Å². The number of benzene rings is 2. The summed E-state index contributed by atoms with van der Waals surface area (Å²) in [5.41, 5.74) is 6.30. The maximum absolute atomic E-state index is 12.1. The van der Waals surface area contributed by atoms with Gasteiger partial charge in [-0.1, -0.05) is 53.5 Å². The molecule has 1 amide bonds. The zero-order valence-electron chi connectivity index (χ0n) is 13.1. The number of carbonyl (C=O) groups is 1. The summed E-state index contributed by atoms with van der Waals surface area (Å²) in [4.78, 5) is 12.1. The molecular weight excluding hydrogens is 363 g/mol. The van der Waals surface area contributed by atoms with Gasteiger partial charge in [-0.25, -0.2) is 5.43 Å². The molecule has 124 valence electrons. The molecule has 0 spiro atoms. The summed E-state index contributed by atoms with van der Waals surface area (Å²) in [6.07, 6.45) is 0.555. The fourth-order valence-corrected chi connectivity index (χ4v) is 3.96. The van der Waals surface area contributed by atoms with Crippen LogP contribution in [0.5, 0.6) is 0 Å². The molecule has 0 saturated heterocycles. The zero-order chi connectivity index (χ0) is 17.1. The largest absolute Gasteiger partial charge is 0.272 e. The van der Waals surface area contributed by atoms with Gasteiger partial charge in [-0.2, -0.15) is 5.10 Å². The normalized spacial score (nSPS) is 17.4. The van der Waals surface area contributed by atoms with E-state index in [1.165, 1.54) is 5.56 Å². The van der Waals surface area contributed by atoms with Gasteiger partial charge in [-0.3, -0.25) is 4.79 Å². The van der Waals surface area contributed by atoms with E-state index in [9.17, 15) is 4.79 Å². The molecule has 1 heterocycles. The molecule has 3 nitrogen and oxygen atoms in total. The molecule has 6 heteroatoms. The summed E-state index contributed by atoms with van der Waals surface area (Å²) < 4.78 is 0. The molecule has 1 unspecified atom stereocenters. The van der Waals surface area contributed by atoms with Crippen molar-refractivity contribution in [2.45, 2.75) is 24.3 Å². The Labute approximate surface area is 155 Å². The van der Waals surface area contributed by atoms with Crippen molar-refractivity contribution in [1.29, 1.82) is 0 Å². The third-order valence-corrected chi connectivity index (χ3v) is 5.95. The smallest absolute Gasteiger partial charge is 0.253 e. The number of hydrazone groups is 1. The number of amides is 1. The van der Waals surface area contributed by atoms with Crippen molar-refractivity contribution in [3.63, 3.8) is 0 Å². The summed E-state index contributed by atoms with van der Waals surface area (Å²) in [5, 5.41) is 5.21. The van der Waals surface area contributed by atoms with E-state index in [-0.39, 0.29) is 11.2 Å². The Hall–Kier alpha value is -1.49. The zero-order valence-corrected chi connectivity index (χ0v) is 15.4. The average Bonchev–Trinajstić information content (AvgIpc) is 2.59. The highest BCUT2D eigenvalue weighted by Crippen LogP contribution is 2.29. The minimum absolute atomic E-state index is 0.0658. The van der Waals surface area contributed by atoms with Gasteiger partial charge >= 0.3 is 0 Å². The van der Waals surface area contributed by atoms with Crippen LogP contribution in [-0.2, 0) is 10.5 Å². The van der Waals surface area contributed by atoms with E-state index in [1.807, 2.05) is 37.3 Å². The monoisotopic (exact) mass is 378 g/mol. The molecule has 1 aliphatic heterocycles. The van der Waals surface area contributed by atoms with Gasteiger partial charge in [0.2, 0.25) is 0 Å². The van der Waals surface area contributed by atoms with Crippen LogP contribution in [0.15, 0.2) is 47.6 Å². The molecule has 3 rings (SSSR count). The number of rotatable bonds is 4. The molecule has 2 aromatic rings. The minimum Gasteiger partial charge on any atom is -0.272 e. The van der Waals surface area contributed by atoms with E-state index >= 15 is 0 Å². The van der Waals surface area contributed by atoms with Crippen LogP contribution in [-0.4, -0.2) is 16.9 Å². The lowest BCUT2D eigenvalue weighted by atomic mass is 10.0. The van der Waals surface area contributed by atoms with Gasteiger partial charge in [0.25, 0.3) is 5.91 Å². The molecule has 0 aromatic heterocycles. The van der Waals surface area contributed by atoms with Crippen molar-refractivity contribution < 1.29 is 4.79 Å². The van der Waals surface area contributed by atoms with Crippen molar-refractivity contribution in [2.75, 3.05) is 0 Å². The molecule has 1 atom stereocenters. The maximum Gasteiger partial charge on any atom is 0.253 e. The Bertz CT molecular complexity index is 770. The molecule has 0 radical (unpaired) electrons. The van der Waals surface area contributed by atoms with Crippen LogP contribution in [0.4, 0.5) is 0 Å². The maximum atomic E-state index is 12.1. The van der Waals surface area contributed by atoms with Crippen molar-refractivity contribution in [2.24, 2.45) is 5.10 Å². The summed E-state index contributed by atoms with van der Waals surface area (Å²) >= 11 is 14.0. The van der Waals surface area contributed by atoms with Crippen LogP contribution >= 0.6 is 35.0 Å². The number of nitrogens with zero attached hydrogens (tertiary/aromatic N) is 1. The SMILES string of the molecule is Cc1c(Cl)cc(C2=NNC(=O)C(SCc3ccccc3)C2)cc1Cl. The van der Waals surface area contributed by atoms with Gasteiger partial charge in [0.1, 0.15) is 0 Å². The molecule has 0 bridgehead atoms. The van der Waals surface area contributed by atoms with Gasteiger partial charge < -0.3 is 0 Å². The summed E-state index contributed by atoms with van der Waals surface area (Å²) in [6.45, 7) is 1.87. The predicted molar refractivity (Wildman–Crippen MR) is 102 cm³/mol. The average molecular weight is 379 g/mol. The molecule has 2 aromatic carbocycles. The molecule has 0 saturated carbocycles. The van der Waals surface area contributed by atoms with Gasteiger partial charge in [-0.15, -0.1) is 11.8 Å². The van der Waals surface area contributed by atoms with E-state index in [0.29, 0.717) is 16.5 Å². The molecule has 1 aliphatic rings. The number of hydrogen-bond donors (Lipinski definition) is 1. The Morgan fingerprint density at radius 3 is 2.54 bits per heavy atom. The predicted octanol–water partition coefficient (Wildman–Crippen LogP) is 4.83. The second-order valence-electron chi connectivity index (χ2n) is 5.59. The third-order valence-electron chi connectivity index (χ3n) is 3.88. The van der Waals surface area contributed by atoms with Crippen molar-refractivity contribution >= 4 is 46.6 Å². The van der Waals surface area contributed by atoms with Gasteiger partial charge in [0.05, 0.1) is 11.0 Å². The second kappa shape index (κ2) is 7.60. The molecule has 1 N–H and O–H groups in total. The van der Waals surface area contributed by atoms with Crippen LogP contribution < -0.4 is 5.43 Å². The third kappa shape index (κ3) is 3.94. The van der Waals surface area contributed by atoms with E-state index in [1.54, 1.807) is 11.8 Å². The highest BCUT2D eigenvalue weighted by atomic mass is 35.5. The van der Waals surface area contributed by atoms with Crippen LogP contribution in [0.3, 0.4) is 0 Å². The van der Waals surface area contributed by atoms with Gasteiger partial charge in [0, 0.05) is 27.8 Å². The van der Waals surface area contributed by atoms with Crippen molar-refractivity contribution in [3.05, 3.63) is 69.2 Å². The molecule has 24 heavy (non-hydrogen) atoms. The topological polar surface area (TPSA) is 41.5 Å². The van der Waals surface area contributed by atoms with Crippen LogP contribution in [0.25, 0.3) is 0 Å². The van der Waals surface area contributed by atoms with Crippen molar-refractivity contribution in [3.8, 4) is 0 Å². The first kappa shape index (κ1) is 17.3. The highest BCUT2D eigenvalue weighted by Gasteiger charge is 2.26. The van der Waals surface area contributed by atoms with E-state index < -0.39 is 0 Å². The number of halogens is 2. The Kier molecular flexibility index (Phi) is 5.49. The number of carbonyl (C=O) groups excluding carboxylic acids is 1. The molecule has 0 fully saturated rings. The fourth-order valence-electron chi connectivity index (χ4n) is 2.41. The first-order valence-electron chi connectivity index (χ1n) is 7.52. The van der Waals surface area contributed by atoms with E-state index in [2.05, 4.69) is 22.7 Å². The quantitative estimate of drug-likeness (QED) is 0.827. The Morgan fingerprint density at radius 1 is 1.21 bits per heavy atom. The summed E-state index contributed by atoms with van der Waals surface area (Å²) in [7, 11) is 0. The number of thioether (sulfide) groups is 1. The van der Waals surface area contributed by atoms with Crippen molar-refractivity contribution in [1.82, 2.24) is 5.43 Å². The van der Waals surface area contributed by atoms with Crippen LogP contribution in [0.2, 0.25) is 10.0 Å². The Morgan fingerprint density at radius 2 is 1.88 bits per heavy atom.